The molecular weight excluding hydrogens is 400 g/mol. The van der Waals surface area contributed by atoms with Gasteiger partial charge in [-0.3, -0.25) is 4.79 Å². The molecule has 1 atom stereocenters. The van der Waals surface area contributed by atoms with E-state index in [-0.39, 0.29) is 16.8 Å². The summed E-state index contributed by atoms with van der Waals surface area (Å²) in [6, 6.07) is 15.2. The van der Waals surface area contributed by atoms with Crippen molar-refractivity contribution in [1.29, 1.82) is 0 Å². The summed E-state index contributed by atoms with van der Waals surface area (Å²) in [6.07, 6.45) is 2.75. The van der Waals surface area contributed by atoms with Crippen molar-refractivity contribution in [3.8, 4) is 0 Å². The minimum absolute atomic E-state index is 0.0787. The maximum absolute atomic E-state index is 13.4. The van der Waals surface area contributed by atoms with Crippen LogP contribution >= 0.6 is 0 Å². The maximum Gasteiger partial charge on any atom is 0.254 e. The minimum Gasteiger partial charge on any atom is -0.379 e. The molecule has 2 saturated heterocycles. The van der Waals surface area contributed by atoms with Gasteiger partial charge in [-0.2, -0.15) is 4.31 Å². The summed E-state index contributed by atoms with van der Waals surface area (Å²) in [4.78, 5) is 15.5. The lowest BCUT2D eigenvalue weighted by Gasteiger charge is -2.27. The Kier molecular flexibility index (Phi) is 6.22. The molecule has 0 spiro atoms. The van der Waals surface area contributed by atoms with Crippen molar-refractivity contribution in [2.45, 2.75) is 37.1 Å². The van der Waals surface area contributed by atoms with E-state index in [9.17, 15) is 13.2 Å². The first kappa shape index (κ1) is 21.0. The SMILES string of the molecule is Cc1ccc(S(=O)(=O)N2CCOCC2)cc1C(=O)N1CCCC1Cc1ccccc1. The highest BCUT2D eigenvalue weighted by molar-refractivity contribution is 7.89. The van der Waals surface area contributed by atoms with Gasteiger partial charge in [0.15, 0.2) is 0 Å². The molecule has 0 saturated carbocycles. The van der Waals surface area contributed by atoms with Gasteiger partial charge in [-0.1, -0.05) is 36.4 Å². The Bertz CT molecular complexity index is 1000. The van der Waals surface area contributed by atoms with Crippen LogP contribution in [-0.4, -0.2) is 62.4 Å². The largest absolute Gasteiger partial charge is 0.379 e. The van der Waals surface area contributed by atoms with Gasteiger partial charge in [-0.25, -0.2) is 8.42 Å². The lowest BCUT2D eigenvalue weighted by molar-refractivity contribution is 0.0727. The summed E-state index contributed by atoms with van der Waals surface area (Å²) in [5, 5.41) is 0. The lowest BCUT2D eigenvalue weighted by atomic mass is 10.0. The quantitative estimate of drug-likeness (QED) is 0.735. The number of nitrogens with zero attached hydrogens (tertiary/aromatic N) is 2. The zero-order valence-electron chi connectivity index (χ0n) is 17.3. The van der Waals surface area contributed by atoms with Gasteiger partial charge in [0.05, 0.1) is 18.1 Å². The molecule has 2 heterocycles. The fourth-order valence-corrected chi connectivity index (χ4v) is 5.72. The molecule has 2 fully saturated rings. The topological polar surface area (TPSA) is 66.9 Å². The van der Waals surface area contributed by atoms with Gasteiger partial charge in [0.1, 0.15) is 0 Å². The number of amides is 1. The van der Waals surface area contributed by atoms with E-state index in [2.05, 4.69) is 12.1 Å². The van der Waals surface area contributed by atoms with E-state index in [1.165, 1.54) is 9.87 Å². The van der Waals surface area contributed by atoms with Crippen LogP contribution < -0.4 is 0 Å². The number of carbonyl (C=O) groups excluding carboxylic acids is 1. The summed E-state index contributed by atoms with van der Waals surface area (Å²) in [5.41, 5.74) is 2.48. The van der Waals surface area contributed by atoms with E-state index >= 15 is 0 Å². The highest BCUT2D eigenvalue weighted by atomic mass is 32.2. The predicted octanol–water partition coefficient (Wildman–Crippen LogP) is 2.86. The average Bonchev–Trinajstić information content (AvgIpc) is 3.23. The standard InChI is InChI=1S/C23H28N2O4S/c1-18-9-10-21(30(27,28)24-12-14-29-15-13-24)17-22(18)23(26)25-11-5-8-20(25)16-19-6-3-2-4-7-19/h2-4,6-7,9-10,17,20H,5,8,11-16H2,1H3. The van der Waals surface area contributed by atoms with E-state index < -0.39 is 10.0 Å². The third-order valence-corrected chi connectivity index (χ3v) is 7.89. The van der Waals surface area contributed by atoms with Crippen LogP contribution in [0, 0.1) is 6.92 Å². The van der Waals surface area contributed by atoms with Crippen molar-refractivity contribution in [3.63, 3.8) is 0 Å². The third-order valence-electron chi connectivity index (χ3n) is 6.00. The Morgan fingerprint density at radius 2 is 1.80 bits per heavy atom. The number of rotatable bonds is 5. The van der Waals surface area contributed by atoms with Gasteiger partial charge in [0.2, 0.25) is 10.0 Å². The fraction of sp³-hybridized carbons (Fsp3) is 0.435. The Morgan fingerprint density at radius 3 is 2.53 bits per heavy atom. The number of carbonyl (C=O) groups is 1. The molecule has 7 heteroatoms. The third kappa shape index (κ3) is 4.29. The molecule has 0 aliphatic carbocycles. The number of hydrogen-bond acceptors (Lipinski definition) is 4. The molecule has 160 valence electrons. The number of hydrogen-bond donors (Lipinski definition) is 0. The van der Waals surface area contributed by atoms with Crippen molar-refractivity contribution in [1.82, 2.24) is 9.21 Å². The summed E-state index contributed by atoms with van der Waals surface area (Å²) in [6.45, 7) is 4.03. The van der Waals surface area contributed by atoms with Crippen LogP contribution in [0.1, 0.15) is 34.3 Å². The first-order valence-corrected chi connectivity index (χ1v) is 11.9. The number of likely N-dealkylation sites (tertiary alicyclic amines) is 1. The van der Waals surface area contributed by atoms with Crippen molar-refractivity contribution >= 4 is 15.9 Å². The molecule has 0 N–H and O–H groups in total. The molecule has 1 amide bonds. The molecule has 6 nitrogen and oxygen atoms in total. The Labute approximate surface area is 178 Å². The van der Waals surface area contributed by atoms with Crippen molar-refractivity contribution in [2.75, 3.05) is 32.8 Å². The molecule has 2 aliphatic rings. The molecule has 4 rings (SSSR count). The van der Waals surface area contributed by atoms with Crippen LogP contribution in [0.3, 0.4) is 0 Å². The maximum atomic E-state index is 13.4. The van der Waals surface area contributed by atoms with Crippen molar-refractivity contribution in [3.05, 3.63) is 65.2 Å². The molecule has 0 radical (unpaired) electrons. The van der Waals surface area contributed by atoms with E-state index in [4.69, 9.17) is 4.74 Å². The second-order valence-electron chi connectivity index (χ2n) is 7.98. The normalized spacial score (nSPS) is 20.4. The zero-order chi connectivity index (χ0) is 21.1. The second-order valence-corrected chi connectivity index (χ2v) is 9.92. The highest BCUT2D eigenvalue weighted by Gasteiger charge is 2.32. The van der Waals surface area contributed by atoms with Gasteiger partial charge in [0.25, 0.3) is 5.91 Å². The zero-order valence-corrected chi connectivity index (χ0v) is 18.1. The molecule has 2 aromatic rings. The fourth-order valence-electron chi connectivity index (χ4n) is 4.28. The summed E-state index contributed by atoms with van der Waals surface area (Å²) in [5.74, 6) is -0.0787. The average molecular weight is 429 g/mol. The molecule has 30 heavy (non-hydrogen) atoms. The first-order chi connectivity index (χ1) is 14.5. The molecule has 2 aromatic carbocycles. The smallest absolute Gasteiger partial charge is 0.254 e. The Hall–Kier alpha value is -2.22. The van der Waals surface area contributed by atoms with Gasteiger partial charge in [-0.15, -0.1) is 0 Å². The summed E-state index contributed by atoms with van der Waals surface area (Å²) < 4.78 is 32.8. The molecule has 1 unspecified atom stereocenters. The van der Waals surface area contributed by atoms with Gasteiger partial charge in [0, 0.05) is 31.2 Å². The second kappa shape index (κ2) is 8.88. The number of aryl methyl sites for hydroxylation is 1. The summed E-state index contributed by atoms with van der Waals surface area (Å²) in [7, 11) is -3.64. The monoisotopic (exact) mass is 428 g/mol. The van der Waals surface area contributed by atoms with E-state index in [1.807, 2.05) is 30.0 Å². The predicted molar refractivity (Wildman–Crippen MR) is 115 cm³/mol. The number of ether oxygens (including phenoxy) is 1. The van der Waals surface area contributed by atoms with Crippen LogP contribution in [0.5, 0.6) is 0 Å². The molecular formula is C23H28N2O4S. The van der Waals surface area contributed by atoms with Crippen LogP contribution in [0.4, 0.5) is 0 Å². The first-order valence-electron chi connectivity index (χ1n) is 10.5. The van der Waals surface area contributed by atoms with Crippen LogP contribution in [-0.2, 0) is 21.2 Å². The van der Waals surface area contributed by atoms with E-state index in [0.29, 0.717) is 38.4 Å². The van der Waals surface area contributed by atoms with E-state index in [0.717, 1.165) is 24.8 Å². The van der Waals surface area contributed by atoms with Crippen molar-refractivity contribution < 1.29 is 17.9 Å². The van der Waals surface area contributed by atoms with Crippen LogP contribution in [0.25, 0.3) is 0 Å². The van der Waals surface area contributed by atoms with Crippen molar-refractivity contribution in [2.24, 2.45) is 0 Å². The summed E-state index contributed by atoms with van der Waals surface area (Å²) >= 11 is 0. The van der Waals surface area contributed by atoms with Gasteiger partial charge >= 0.3 is 0 Å². The number of benzene rings is 2. The van der Waals surface area contributed by atoms with Crippen LogP contribution in [0.15, 0.2) is 53.4 Å². The highest BCUT2D eigenvalue weighted by Crippen LogP contribution is 2.26. The molecule has 0 bridgehead atoms. The Balaban J connectivity index is 1.58. The number of morpholine rings is 1. The molecule has 0 aromatic heterocycles. The lowest BCUT2D eigenvalue weighted by Crippen LogP contribution is -2.41. The van der Waals surface area contributed by atoms with Gasteiger partial charge in [-0.05, 0) is 49.4 Å². The number of sulfonamides is 1. The van der Waals surface area contributed by atoms with E-state index in [1.54, 1.807) is 18.2 Å². The molecule has 2 aliphatic heterocycles. The van der Waals surface area contributed by atoms with Crippen LogP contribution in [0.2, 0.25) is 0 Å². The Morgan fingerprint density at radius 1 is 1.07 bits per heavy atom. The minimum atomic E-state index is -3.64. The van der Waals surface area contributed by atoms with Gasteiger partial charge < -0.3 is 9.64 Å².